The third-order valence-corrected chi connectivity index (χ3v) is 6.36. The van der Waals surface area contributed by atoms with Gasteiger partial charge in [-0.1, -0.05) is 18.2 Å². The van der Waals surface area contributed by atoms with Crippen LogP contribution in [0.5, 0.6) is 0 Å². The molecule has 1 aliphatic carbocycles. The number of nitrogens with one attached hydrogen (secondary N) is 2. The summed E-state index contributed by atoms with van der Waals surface area (Å²) in [7, 11) is 4.14. The molecule has 1 aromatic heterocycles. The molecule has 3 aromatic rings. The van der Waals surface area contributed by atoms with Crippen molar-refractivity contribution in [2.45, 2.75) is 44.2 Å². The van der Waals surface area contributed by atoms with Crippen molar-refractivity contribution in [3.05, 3.63) is 65.1 Å². The van der Waals surface area contributed by atoms with Crippen molar-refractivity contribution < 1.29 is 14.3 Å². The fraction of sp³-hybridized carbons (Fsp3) is 0.375. The summed E-state index contributed by atoms with van der Waals surface area (Å²) >= 11 is 0. The number of aromatic amines is 1. The Labute approximate surface area is 175 Å². The lowest BCUT2D eigenvalue weighted by Crippen LogP contribution is -2.39. The van der Waals surface area contributed by atoms with Crippen LogP contribution in [-0.4, -0.2) is 41.0 Å². The van der Waals surface area contributed by atoms with Crippen LogP contribution < -0.4 is 5.32 Å². The molecular weight excluding hydrogens is 381 g/mol. The summed E-state index contributed by atoms with van der Waals surface area (Å²) in [6.45, 7) is 1.87. The molecule has 1 aliphatic rings. The maximum atomic E-state index is 14.1. The number of aromatic nitrogens is 1. The third kappa shape index (κ3) is 3.85. The molecule has 0 unspecified atom stereocenters. The molecule has 0 spiro atoms. The zero-order valence-electron chi connectivity index (χ0n) is 17.6. The molecule has 5 nitrogen and oxygen atoms in total. The first-order valence-corrected chi connectivity index (χ1v) is 10.4. The molecule has 1 fully saturated rings. The van der Waals surface area contributed by atoms with Crippen LogP contribution >= 0.6 is 0 Å². The number of carbonyl (C=O) groups excluding carboxylic acids is 1. The number of benzene rings is 2. The van der Waals surface area contributed by atoms with Crippen molar-refractivity contribution in [1.82, 2.24) is 9.88 Å². The number of H-pyrrole nitrogens is 1. The highest BCUT2D eigenvalue weighted by molar-refractivity contribution is 6.06. The number of carbonyl (C=O) groups is 1. The Balaban J connectivity index is 1.53. The van der Waals surface area contributed by atoms with E-state index in [1.54, 1.807) is 12.1 Å². The molecule has 0 saturated heterocycles. The van der Waals surface area contributed by atoms with Gasteiger partial charge in [-0.2, -0.15) is 0 Å². The maximum Gasteiger partial charge on any atom is 0.272 e. The summed E-state index contributed by atoms with van der Waals surface area (Å²) in [5.74, 6) is -0.700. The zero-order chi connectivity index (χ0) is 21.5. The van der Waals surface area contributed by atoms with Crippen molar-refractivity contribution in [1.29, 1.82) is 0 Å². The lowest BCUT2D eigenvalue weighted by Gasteiger charge is -2.39. The molecule has 2 aromatic carbocycles. The predicted molar refractivity (Wildman–Crippen MR) is 117 cm³/mol. The Kier molecular flexibility index (Phi) is 5.38. The molecule has 0 radical (unpaired) electrons. The molecule has 0 bridgehead atoms. The smallest absolute Gasteiger partial charge is 0.272 e. The van der Waals surface area contributed by atoms with E-state index in [0.717, 1.165) is 24.0 Å². The monoisotopic (exact) mass is 409 g/mol. The highest BCUT2D eigenvalue weighted by atomic mass is 19.1. The molecule has 0 aliphatic heterocycles. The number of anilines is 1. The predicted octanol–water partition coefficient (Wildman–Crippen LogP) is 4.56. The van der Waals surface area contributed by atoms with Gasteiger partial charge in [-0.05, 0) is 82.1 Å². The van der Waals surface area contributed by atoms with E-state index in [4.69, 9.17) is 0 Å². The van der Waals surface area contributed by atoms with Gasteiger partial charge in [-0.3, -0.25) is 4.79 Å². The van der Waals surface area contributed by atoms with E-state index < -0.39 is 5.60 Å². The van der Waals surface area contributed by atoms with E-state index in [1.165, 1.54) is 12.1 Å². The van der Waals surface area contributed by atoms with Crippen LogP contribution in [0.3, 0.4) is 0 Å². The van der Waals surface area contributed by atoms with E-state index in [2.05, 4.69) is 29.3 Å². The Hall–Kier alpha value is -2.70. The van der Waals surface area contributed by atoms with Gasteiger partial charge in [0.05, 0.1) is 11.1 Å². The van der Waals surface area contributed by atoms with Gasteiger partial charge >= 0.3 is 0 Å². The van der Waals surface area contributed by atoms with Crippen LogP contribution in [0.15, 0.2) is 42.5 Å². The first-order valence-electron chi connectivity index (χ1n) is 10.4. The molecular formula is C24H28FN3O2. The Bertz CT molecular complexity index is 1040. The normalized spacial score (nSPS) is 21.9. The van der Waals surface area contributed by atoms with E-state index >= 15 is 0 Å². The Morgan fingerprint density at radius 1 is 1.20 bits per heavy atom. The SMILES string of the molecule is Cc1ccc(F)c2cc(C(=O)Nc3cccc(C4(O)CCC(N(C)C)CC4)c3)[nH]c12. The maximum absolute atomic E-state index is 14.1. The number of halogens is 1. The van der Waals surface area contributed by atoms with Crippen molar-refractivity contribution in [2.24, 2.45) is 0 Å². The van der Waals surface area contributed by atoms with Crippen molar-refractivity contribution in [2.75, 3.05) is 19.4 Å². The average molecular weight is 410 g/mol. The number of amides is 1. The number of hydrogen-bond donors (Lipinski definition) is 3. The second-order valence-corrected chi connectivity index (χ2v) is 8.60. The molecule has 6 heteroatoms. The minimum Gasteiger partial charge on any atom is -0.385 e. The van der Waals surface area contributed by atoms with Crippen LogP contribution in [-0.2, 0) is 5.60 Å². The molecule has 4 rings (SSSR count). The van der Waals surface area contributed by atoms with E-state index in [0.29, 0.717) is 41.2 Å². The fourth-order valence-corrected chi connectivity index (χ4v) is 4.42. The van der Waals surface area contributed by atoms with E-state index in [9.17, 15) is 14.3 Å². The van der Waals surface area contributed by atoms with Gasteiger partial charge in [-0.25, -0.2) is 4.39 Å². The summed E-state index contributed by atoms with van der Waals surface area (Å²) in [5.41, 5.74) is 2.35. The lowest BCUT2D eigenvalue weighted by molar-refractivity contribution is -0.0190. The number of aryl methyl sites for hydroxylation is 1. The topological polar surface area (TPSA) is 68.4 Å². The summed E-state index contributed by atoms with van der Waals surface area (Å²) in [6, 6.07) is 12.5. The summed E-state index contributed by atoms with van der Waals surface area (Å²) in [4.78, 5) is 18.0. The van der Waals surface area contributed by atoms with Gasteiger partial charge in [-0.15, -0.1) is 0 Å². The fourth-order valence-electron chi connectivity index (χ4n) is 4.42. The van der Waals surface area contributed by atoms with Crippen molar-refractivity contribution >= 4 is 22.5 Å². The Morgan fingerprint density at radius 2 is 1.93 bits per heavy atom. The van der Waals surface area contributed by atoms with E-state index in [1.807, 2.05) is 25.1 Å². The molecule has 1 saturated carbocycles. The van der Waals surface area contributed by atoms with Gasteiger partial charge in [0.15, 0.2) is 0 Å². The summed E-state index contributed by atoms with van der Waals surface area (Å²) in [6.07, 6.45) is 3.24. The van der Waals surface area contributed by atoms with Crippen LogP contribution in [0.4, 0.5) is 10.1 Å². The molecule has 3 N–H and O–H groups in total. The van der Waals surface area contributed by atoms with Gasteiger partial charge in [0.2, 0.25) is 0 Å². The quantitative estimate of drug-likeness (QED) is 0.592. The average Bonchev–Trinajstić information content (AvgIpc) is 3.18. The molecule has 1 heterocycles. The van der Waals surface area contributed by atoms with Gasteiger partial charge in [0.1, 0.15) is 11.5 Å². The van der Waals surface area contributed by atoms with E-state index in [-0.39, 0.29) is 11.7 Å². The number of hydrogen-bond acceptors (Lipinski definition) is 3. The van der Waals surface area contributed by atoms with Crippen molar-refractivity contribution in [3.8, 4) is 0 Å². The highest BCUT2D eigenvalue weighted by Crippen LogP contribution is 2.39. The molecule has 1 amide bonds. The van der Waals surface area contributed by atoms with Crippen LogP contribution in [0.1, 0.15) is 47.3 Å². The zero-order valence-corrected chi connectivity index (χ0v) is 17.6. The number of fused-ring (bicyclic) bond motifs is 1. The van der Waals surface area contributed by atoms with Gasteiger partial charge in [0.25, 0.3) is 5.91 Å². The van der Waals surface area contributed by atoms with Gasteiger partial charge < -0.3 is 20.3 Å². The molecule has 158 valence electrons. The van der Waals surface area contributed by atoms with Crippen LogP contribution in [0.2, 0.25) is 0 Å². The van der Waals surface area contributed by atoms with Gasteiger partial charge in [0, 0.05) is 17.1 Å². The third-order valence-electron chi connectivity index (χ3n) is 6.36. The standard InChI is InChI=1S/C24H28FN3O2/c1-15-7-8-20(25)19-14-21(27-22(15)19)23(29)26-17-6-4-5-16(13-17)24(30)11-9-18(10-12-24)28(2)3/h4-8,13-14,18,27,30H,9-12H2,1-3H3,(H,26,29). The molecule has 30 heavy (non-hydrogen) atoms. The number of nitrogens with zero attached hydrogens (tertiary/aromatic N) is 1. The first kappa shape index (κ1) is 20.6. The second-order valence-electron chi connectivity index (χ2n) is 8.60. The highest BCUT2D eigenvalue weighted by Gasteiger charge is 2.35. The summed E-state index contributed by atoms with van der Waals surface area (Å²) < 4.78 is 14.1. The van der Waals surface area contributed by atoms with Crippen LogP contribution in [0, 0.1) is 12.7 Å². The minimum atomic E-state index is -0.880. The minimum absolute atomic E-state index is 0.300. The summed E-state index contributed by atoms with van der Waals surface area (Å²) in [5, 5.41) is 14.5. The first-order chi connectivity index (χ1) is 14.3. The lowest BCUT2D eigenvalue weighted by atomic mass is 9.77. The Morgan fingerprint density at radius 3 is 2.60 bits per heavy atom. The largest absolute Gasteiger partial charge is 0.385 e. The number of aliphatic hydroxyl groups is 1. The number of rotatable bonds is 4. The van der Waals surface area contributed by atoms with Crippen molar-refractivity contribution in [3.63, 3.8) is 0 Å². The molecule has 0 atom stereocenters. The van der Waals surface area contributed by atoms with Crippen LogP contribution in [0.25, 0.3) is 10.9 Å². The second kappa shape index (κ2) is 7.85.